The molecule has 110 valence electrons. The van der Waals surface area contributed by atoms with Crippen LogP contribution >= 0.6 is 11.8 Å². The lowest BCUT2D eigenvalue weighted by Crippen LogP contribution is -2.47. The zero-order chi connectivity index (χ0) is 14.3. The number of hydrogen-bond acceptors (Lipinski definition) is 3. The Morgan fingerprint density at radius 1 is 1.42 bits per heavy atom. The number of hydrogen-bond donors (Lipinski definition) is 3. The molecule has 3 N–H and O–H groups in total. The highest BCUT2D eigenvalue weighted by atomic mass is 32.2. The minimum atomic E-state index is -0.810. The van der Waals surface area contributed by atoms with Crippen LogP contribution in [0.5, 0.6) is 0 Å². The van der Waals surface area contributed by atoms with Crippen LogP contribution in [0.15, 0.2) is 0 Å². The van der Waals surface area contributed by atoms with E-state index in [4.69, 9.17) is 5.11 Å². The van der Waals surface area contributed by atoms with Crippen molar-refractivity contribution in [2.45, 2.75) is 51.6 Å². The van der Waals surface area contributed by atoms with Crippen molar-refractivity contribution in [3.63, 3.8) is 0 Å². The van der Waals surface area contributed by atoms with Crippen molar-refractivity contribution in [2.24, 2.45) is 5.92 Å². The predicted octanol–water partition coefficient (Wildman–Crippen LogP) is 2.07. The van der Waals surface area contributed by atoms with E-state index in [1.807, 2.05) is 18.7 Å². The number of carboxylic acids is 1. The number of carbonyl (C=O) groups excluding carboxylic acids is 1. The number of carbonyl (C=O) groups is 2. The van der Waals surface area contributed by atoms with Gasteiger partial charge in [-0.15, -0.1) is 0 Å². The smallest absolute Gasteiger partial charge is 0.315 e. The standard InChI is InChI=1S/C13H24N2O3S/c1-3-19-8-7-9(2)14-13(18)15-11-6-4-5-10(11)12(16)17/h9-11H,3-8H2,1-2H3,(H,16,17)(H2,14,15,18). The Morgan fingerprint density at radius 3 is 2.79 bits per heavy atom. The minimum absolute atomic E-state index is 0.115. The van der Waals surface area contributed by atoms with Crippen LogP contribution in [0.4, 0.5) is 4.79 Å². The van der Waals surface area contributed by atoms with Crippen LogP contribution in [0.1, 0.15) is 39.5 Å². The van der Waals surface area contributed by atoms with Gasteiger partial charge in [-0.1, -0.05) is 13.3 Å². The van der Waals surface area contributed by atoms with E-state index in [9.17, 15) is 9.59 Å². The van der Waals surface area contributed by atoms with Gasteiger partial charge in [0.2, 0.25) is 0 Å². The zero-order valence-corrected chi connectivity index (χ0v) is 12.5. The molecule has 5 nitrogen and oxygen atoms in total. The molecule has 0 aromatic rings. The lowest BCUT2D eigenvalue weighted by Gasteiger charge is -2.20. The fraction of sp³-hybridized carbons (Fsp3) is 0.846. The van der Waals surface area contributed by atoms with E-state index in [2.05, 4.69) is 17.6 Å². The molecule has 0 aliphatic heterocycles. The summed E-state index contributed by atoms with van der Waals surface area (Å²) in [6.07, 6.45) is 3.21. The van der Waals surface area contributed by atoms with Crippen LogP contribution in [0, 0.1) is 5.92 Å². The highest BCUT2D eigenvalue weighted by Crippen LogP contribution is 2.25. The third-order valence-electron chi connectivity index (χ3n) is 3.43. The van der Waals surface area contributed by atoms with Crippen LogP contribution < -0.4 is 10.6 Å². The summed E-state index contributed by atoms with van der Waals surface area (Å²) >= 11 is 1.85. The number of rotatable bonds is 7. The fourth-order valence-electron chi connectivity index (χ4n) is 2.34. The number of amides is 2. The van der Waals surface area contributed by atoms with E-state index in [1.165, 1.54) is 0 Å². The molecular formula is C13H24N2O3S. The molecule has 0 spiro atoms. The highest BCUT2D eigenvalue weighted by molar-refractivity contribution is 7.99. The summed E-state index contributed by atoms with van der Waals surface area (Å²) in [5, 5.41) is 14.7. The number of nitrogens with one attached hydrogen (secondary N) is 2. The topological polar surface area (TPSA) is 78.4 Å². The Kier molecular flexibility index (Phi) is 7.05. The molecular weight excluding hydrogens is 264 g/mol. The van der Waals surface area contributed by atoms with Crippen LogP contribution in [0.2, 0.25) is 0 Å². The molecule has 1 rings (SSSR count). The lowest BCUT2D eigenvalue weighted by molar-refractivity contribution is -0.142. The van der Waals surface area contributed by atoms with Crippen LogP contribution in [-0.4, -0.2) is 40.7 Å². The molecule has 0 saturated heterocycles. The summed E-state index contributed by atoms with van der Waals surface area (Å²) in [7, 11) is 0. The summed E-state index contributed by atoms with van der Waals surface area (Å²) in [5.41, 5.74) is 0. The largest absolute Gasteiger partial charge is 0.481 e. The Balaban J connectivity index is 2.28. The maximum atomic E-state index is 11.8. The van der Waals surface area contributed by atoms with Gasteiger partial charge >= 0.3 is 12.0 Å². The first-order valence-electron chi connectivity index (χ1n) is 6.92. The van der Waals surface area contributed by atoms with E-state index < -0.39 is 11.9 Å². The number of thioether (sulfide) groups is 1. The average Bonchev–Trinajstić information content (AvgIpc) is 2.77. The number of carboxylic acid groups (broad SMARTS) is 1. The second-order valence-corrected chi connectivity index (χ2v) is 6.38. The van der Waals surface area contributed by atoms with E-state index >= 15 is 0 Å². The predicted molar refractivity (Wildman–Crippen MR) is 77.5 cm³/mol. The van der Waals surface area contributed by atoms with Crippen LogP contribution in [-0.2, 0) is 4.79 Å². The first-order chi connectivity index (χ1) is 9.04. The molecule has 19 heavy (non-hydrogen) atoms. The van der Waals surface area contributed by atoms with Gasteiger partial charge in [-0.2, -0.15) is 11.8 Å². The summed E-state index contributed by atoms with van der Waals surface area (Å²) in [4.78, 5) is 22.8. The molecule has 0 radical (unpaired) electrons. The first-order valence-corrected chi connectivity index (χ1v) is 8.07. The fourth-order valence-corrected chi connectivity index (χ4v) is 3.15. The molecule has 0 aromatic carbocycles. The van der Waals surface area contributed by atoms with Crippen molar-refractivity contribution in [3.8, 4) is 0 Å². The number of urea groups is 1. The number of aliphatic carboxylic acids is 1. The molecule has 1 fully saturated rings. The van der Waals surface area contributed by atoms with E-state index in [0.717, 1.165) is 30.8 Å². The second kappa shape index (κ2) is 8.30. The van der Waals surface area contributed by atoms with Crippen LogP contribution in [0.3, 0.4) is 0 Å². The van der Waals surface area contributed by atoms with Crippen molar-refractivity contribution in [1.29, 1.82) is 0 Å². The summed E-state index contributed by atoms with van der Waals surface area (Å²) < 4.78 is 0. The highest BCUT2D eigenvalue weighted by Gasteiger charge is 2.33. The Labute approximate surface area is 118 Å². The molecule has 0 bridgehead atoms. The minimum Gasteiger partial charge on any atom is -0.481 e. The summed E-state index contributed by atoms with van der Waals surface area (Å²) in [5.74, 6) is 0.868. The molecule has 3 unspecified atom stereocenters. The quantitative estimate of drug-likeness (QED) is 0.627. The van der Waals surface area contributed by atoms with Gasteiger partial charge < -0.3 is 15.7 Å². The Hall–Kier alpha value is -0.910. The molecule has 1 aliphatic rings. The zero-order valence-electron chi connectivity index (χ0n) is 11.6. The van der Waals surface area contributed by atoms with Crippen molar-refractivity contribution >= 4 is 23.8 Å². The van der Waals surface area contributed by atoms with Gasteiger partial charge in [0.25, 0.3) is 0 Å². The SMILES string of the molecule is CCSCCC(C)NC(=O)NC1CCCC1C(=O)O. The normalized spacial score (nSPS) is 23.9. The maximum absolute atomic E-state index is 11.8. The van der Waals surface area contributed by atoms with Gasteiger partial charge in [0.05, 0.1) is 5.92 Å². The van der Waals surface area contributed by atoms with Crippen molar-refractivity contribution in [3.05, 3.63) is 0 Å². The Bertz CT molecular complexity index is 312. The van der Waals surface area contributed by atoms with E-state index in [1.54, 1.807) is 0 Å². The van der Waals surface area contributed by atoms with Crippen molar-refractivity contribution in [1.82, 2.24) is 10.6 Å². The summed E-state index contributed by atoms with van der Waals surface area (Å²) in [6, 6.07) is -0.356. The third kappa shape index (κ3) is 5.72. The van der Waals surface area contributed by atoms with Gasteiger partial charge in [-0.25, -0.2) is 4.79 Å². The molecule has 2 amide bonds. The average molecular weight is 288 g/mol. The van der Waals surface area contributed by atoms with Gasteiger partial charge in [-0.3, -0.25) is 4.79 Å². The van der Waals surface area contributed by atoms with Gasteiger partial charge in [0, 0.05) is 12.1 Å². The molecule has 6 heteroatoms. The van der Waals surface area contributed by atoms with E-state index in [0.29, 0.717) is 6.42 Å². The van der Waals surface area contributed by atoms with Crippen LogP contribution in [0.25, 0.3) is 0 Å². The van der Waals surface area contributed by atoms with Crippen molar-refractivity contribution in [2.75, 3.05) is 11.5 Å². The molecule has 3 atom stereocenters. The van der Waals surface area contributed by atoms with Gasteiger partial charge in [0.15, 0.2) is 0 Å². The maximum Gasteiger partial charge on any atom is 0.315 e. The molecule has 1 saturated carbocycles. The van der Waals surface area contributed by atoms with Gasteiger partial charge in [-0.05, 0) is 37.7 Å². The molecule has 0 heterocycles. The van der Waals surface area contributed by atoms with Crippen molar-refractivity contribution < 1.29 is 14.7 Å². The first kappa shape index (κ1) is 16.1. The molecule has 0 aromatic heterocycles. The van der Waals surface area contributed by atoms with Gasteiger partial charge in [0.1, 0.15) is 0 Å². The third-order valence-corrected chi connectivity index (χ3v) is 4.36. The Morgan fingerprint density at radius 2 is 2.16 bits per heavy atom. The van der Waals surface area contributed by atoms with E-state index in [-0.39, 0.29) is 18.1 Å². The molecule has 1 aliphatic carbocycles. The monoisotopic (exact) mass is 288 g/mol. The summed E-state index contributed by atoms with van der Waals surface area (Å²) in [6.45, 7) is 4.08. The lowest BCUT2D eigenvalue weighted by atomic mass is 10.0. The second-order valence-electron chi connectivity index (χ2n) is 4.99.